The Morgan fingerprint density at radius 2 is 1.80 bits per heavy atom. The Kier molecular flexibility index (Phi) is 3.42. The molecule has 1 aliphatic rings. The zero-order chi connectivity index (χ0) is 16.6. The lowest BCUT2D eigenvalue weighted by Gasteiger charge is -2.26. The normalized spacial score (nSPS) is 14.7. The molecule has 25 heavy (non-hydrogen) atoms. The number of hydrogen-bond donors (Lipinski definition) is 2. The maximum absolute atomic E-state index is 4.54. The number of benzene rings is 2. The highest BCUT2D eigenvalue weighted by Gasteiger charge is 2.20. The molecule has 0 atom stereocenters. The summed E-state index contributed by atoms with van der Waals surface area (Å²) in [5, 5.41) is 1.38. The Morgan fingerprint density at radius 1 is 0.960 bits per heavy atom. The van der Waals surface area contributed by atoms with Crippen molar-refractivity contribution in [3.63, 3.8) is 0 Å². The van der Waals surface area contributed by atoms with E-state index < -0.39 is 0 Å². The predicted octanol–water partition coefficient (Wildman–Crippen LogP) is 4.12. The maximum Gasteiger partial charge on any atom is 0.137 e. The number of H-pyrrole nitrogens is 2. The number of aromatic nitrogens is 3. The number of fused-ring (bicyclic) bond motifs is 3. The maximum atomic E-state index is 4.54. The summed E-state index contributed by atoms with van der Waals surface area (Å²) in [6.07, 6.45) is 3.06. The Bertz CT molecular complexity index is 1010. The first-order valence-electron chi connectivity index (χ1n) is 8.77. The minimum atomic E-state index is 0.897. The summed E-state index contributed by atoms with van der Waals surface area (Å²) in [5.74, 6) is 0.943. The van der Waals surface area contributed by atoms with Crippen LogP contribution < -0.4 is 0 Å². The molecule has 2 aromatic heterocycles. The Balaban J connectivity index is 1.35. The molecular formula is C21H20N4. The summed E-state index contributed by atoms with van der Waals surface area (Å²) >= 11 is 0. The van der Waals surface area contributed by atoms with E-state index in [1.165, 1.54) is 27.9 Å². The molecule has 0 saturated heterocycles. The van der Waals surface area contributed by atoms with Crippen LogP contribution in [0.4, 0.5) is 0 Å². The number of rotatable bonds is 3. The lowest BCUT2D eigenvalue weighted by Crippen LogP contribution is -2.30. The monoisotopic (exact) mass is 328 g/mol. The molecule has 0 saturated carbocycles. The molecular weight excluding hydrogens is 308 g/mol. The molecule has 1 aliphatic heterocycles. The summed E-state index contributed by atoms with van der Waals surface area (Å²) in [7, 11) is 0. The first-order valence-corrected chi connectivity index (χ1v) is 8.77. The number of para-hydroxylation sites is 1. The molecule has 0 fully saturated rings. The average Bonchev–Trinajstić information content (AvgIpc) is 3.26. The van der Waals surface area contributed by atoms with Crippen LogP contribution in [0.15, 0.2) is 60.8 Å². The van der Waals surface area contributed by atoms with Crippen molar-refractivity contribution >= 4 is 10.9 Å². The van der Waals surface area contributed by atoms with Crippen molar-refractivity contribution in [1.82, 2.24) is 19.9 Å². The minimum absolute atomic E-state index is 0.897. The SMILES string of the molecule is c1ccc(-c2ncc(CN3CCc4c([nH]c5ccccc45)C3)[nH]2)cc1. The standard InChI is InChI=1S/C21H20N4/c1-2-6-15(7-3-1)21-22-12-16(23-21)13-25-11-10-18-17-8-4-5-9-19(17)24-20(18)14-25/h1-9,12,24H,10-11,13-14H2,(H,22,23). The third-order valence-electron chi connectivity index (χ3n) is 5.03. The molecule has 4 heteroatoms. The second-order valence-corrected chi connectivity index (χ2v) is 6.71. The lowest BCUT2D eigenvalue weighted by molar-refractivity contribution is 0.241. The third-order valence-corrected chi connectivity index (χ3v) is 5.03. The molecule has 4 nitrogen and oxygen atoms in total. The van der Waals surface area contributed by atoms with Gasteiger partial charge in [0.05, 0.1) is 0 Å². The molecule has 124 valence electrons. The van der Waals surface area contributed by atoms with Gasteiger partial charge in [0.15, 0.2) is 0 Å². The van der Waals surface area contributed by atoms with E-state index in [2.05, 4.69) is 56.3 Å². The van der Waals surface area contributed by atoms with E-state index in [0.29, 0.717) is 0 Å². The van der Waals surface area contributed by atoms with Gasteiger partial charge < -0.3 is 9.97 Å². The van der Waals surface area contributed by atoms with Gasteiger partial charge >= 0.3 is 0 Å². The summed E-state index contributed by atoms with van der Waals surface area (Å²) in [4.78, 5) is 14.1. The molecule has 5 rings (SSSR count). The highest BCUT2D eigenvalue weighted by molar-refractivity contribution is 5.84. The molecule has 2 aromatic carbocycles. The number of aromatic amines is 2. The van der Waals surface area contributed by atoms with Crippen LogP contribution >= 0.6 is 0 Å². The van der Waals surface area contributed by atoms with Gasteiger partial charge in [-0.25, -0.2) is 4.98 Å². The quantitative estimate of drug-likeness (QED) is 0.594. The molecule has 0 unspecified atom stereocenters. The molecule has 3 heterocycles. The van der Waals surface area contributed by atoms with Crippen LogP contribution in [-0.4, -0.2) is 26.4 Å². The topological polar surface area (TPSA) is 47.7 Å². The fraction of sp³-hybridized carbons (Fsp3) is 0.190. The average molecular weight is 328 g/mol. The van der Waals surface area contributed by atoms with E-state index >= 15 is 0 Å². The van der Waals surface area contributed by atoms with Crippen molar-refractivity contribution < 1.29 is 0 Å². The van der Waals surface area contributed by atoms with Crippen LogP contribution in [0.3, 0.4) is 0 Å². The van der Waals surface area contributed by atoms with Crippen LogP contribution in [0.25, 0.3) is 22.3 Å². The Hall–Kier alpha value is -2.85. The van der Waals surface area contributed by atoms with Crippen LogP contribution in [0.5, 0.6) is 0 Å². The van der Waals surface area contributed by atoms with E-state index in [9.17, 15) is 0 Å². The van der Waals surface area contributed by atoms with Gasteiger partial charge in [0.2, 0.25) is 0 Å². The molecule has 4 aromatic rings. The first kappa shape index (κ1) is 14.5. The first-order chi connectivity index (χ1) is 12.4. The van der Waals surface area contributed by atoms with Crippen molar-refractivity contribution in [2.75, 3.05) is 6.54 Å². The summed E-state index contributed by atoms with van der Waals surface area (Å²) in [6, 6.07) is 18.9. The van der Waals surface area contributed by atoms with Gasteiger partial charge in [-0.1, -0.05) is 48.5 Å². The van der Waals surface area contributed by atoms with Crippen molar-refractivity contribution in [2.24, 2.45) is 0 Å². The van der Waals surface area contributed by atoms with Gasteiger partial charge in [-0.15, -0.1) is 0 Å². The summed E-state index contributed by atoms with van der Waals surface area (Å²) < 4.78 is 0. The van der Waals surface area contributed by atoms with Crippen molar-refractivity contribution in [1.29, 1.82) is 0 Å². The number of hydrogen-bond acceptors (Lipinski definition) is 2. The largest absolute Gasteiger partial charge is 0.357 e. The summed E-state index contributed by atoms with van der Waals surface area (Å²) in [6.45, 7) is 2.94. The second kappa shape index (κ2) is 5.90. The molecule has 0 aliphatic carbocycles. The van der Waals surface area contributed by atoms with E-state index in [-0.39, 0.29) is 0 Å². The van der Waals surface area contributed by atoms with E-state index in [0.717, 1.165) is 37.4 Å². The van der Waals surface area contributed by atoms with Crippen molar-refractivity contribution in [3.05, 3.63) is 77.7 Å². The molecule has 0 spiro atoms. The van der Waals surface area contributed by atoms with Crippen LogP contribution in [0.2, 0.25) is 0 Å². The number of imidazole rings is 1. The van der Waals surface area contributed by atoms with Crippen LogP contribution in [0.1, 0.15) is 17.0 Å². The van der Waals surface area contributed by atoms with Crippen LogP contribution in [0, 0.1) is 0 Å². The Morgan fingerprint density at radius 3 is 2.72 bits per heavy atom. The van der Waals surface area contributed by atoms with E-state index in [1.54, 1.807) is 0 Å². The fourth-order valence-electron chi connectivity index (χ4n) is 3.81. The van der Waals surface area contributed by atoms with Crippen molar-refractivity contribution in [3.8, 4) is 11.4 Å². The lowest BCUT2D eigenvalue weighted by atomic mass is 10.0. The zero-order valence-corrected chi connectivity index (χ0v) is 14.0. The second-order valence-electron chi connectivity index (χ2n) is 6.71. The minimum Gasteiger partial charge on any atom is -0.357 e. The molecule has 0 amide bonds. The number of nitrogens with zero attached hydrogens (tertiary/aromatic N) is 2. The third kappa shape index (κ3) is 2.65. The zero-order valence-electron chi connectivity index (χ0n) is 14.0. The van der Waals surface area contributed by atoms with Gasteiger partial charge in [0.1, 0.15) is 5.82 Å². The van der Waals surface area contributed by atoms with Gasteiger partial charge in [-0.05, 0) is 18.1 Å². The van der Waals surface area contributed by atoms with E-state index in [4.69, 9.17) is 0 Å². The number of nitrogens with one attached hydrogen (secondary N) is 2. The van der Waals surface area contributed by atoms with E-state index in [1.807, 2.05) is 24.4 Å². The van der Waals surface area contributed by atoms with Crippen LogP contribution in [-0.2, 0) is 19.5 Å². The van der Waals surface area contributed by atoms with Crippen molar-refractivity contribution in [2.45, 2.75) is 19.5 Å². The summed E-state index contributed by atoms with van der Waals surface area (Å²) in [5.41, 5.74) is 6.39. The van der Waals surface area contributed by atoms with Gasteiger partial charge in [-0.3, -0.25) is 4.90 Å². The smallest absolute Gasteiger partial charge is 0.137 e. The fourth-order valence-corrected chi connectivity index (χ4v) is 3.81. The van der Waals surface area contributed by atoms with Gasteiger partial charge in [0, 0.05) is 53.7 Å². The Labute approximate surface area is 146 Å². The molecule has 2 N–H and O–H groups in total. The highest BCUT2D eigenvalue weighted by atomic mass is 15.2. The highest BCUT2D eigenvalue weighted by Crippen LogP contribution is 2.28. The van der Waals surface area contributed by atoms with Gasteiger partial charge in [-0.2, -0.15) is 0 Å². The molecule has 0 bridgehead atoms. The predicted molar refractivity (Wildman–Crippen MR) is 100 cm³/mol. The van der Waals surface area contributed by atoms with Gasteiger partial charge in [0.25, 0.3) is 0 Å². The molecule has 0 radical (unpaired) electrons.